The molecule has 1 unspecified atom stereocenters. The summed E-state index contributed by atoms with van der Waals surface area (Å²) in [6.07, 6.45) is 0. The average molecular weight is 376 g/mol. The van der Waals surface area contributed by atoms with Crippen molar-refractivity contribution >= 4 is 29.7 Å². The van der Waals surface area contributed by atoms with E-state index in [1.807, 2.05) is 20.8 Å². The van der Waals surface area contributed by atoms with Crippen LogP contribution in [-0.4, -0.2) is 23.0 Å². The van der Waals surface area contributed by atoms with Crippen molar-refractivity contribution in [3.8, 4) is 10.6 Å². The van der Waals surface area contributed by atoms with E-state index in [0.717, 1.165) is 23.5 Å². The summed E-state index contributed by atoms with van der Waals surface area (Å²) in [5, 5.41) is 4.45. The molecule has 0 radical (unpaired) electrons. The van der Waals surface area contributed by atoms with Gasteiger partial charge in [-0.15, -0.1) is 23.7 Å². The summed E-state index contributed by atoms with van der Waals surface area (Å²) in [6, 6.07) is 3.60. The van der Waals surface area contributed by atoms with Gasteiger partial charge >= 0.3 is 0 Å². The number of thiazole rings is 1. The van der Waals surface area contributed by atoms with E-state index in [0.29, 0.717) is 0 Å². The monoisotopic (exact) mass is 375 g/mol. The minimum absolute atomic E-state index is 0. The molecule has 0 spiro atoms. The fourth-order valence-corrected chi connectivity index (χ4v) is 2.80. The van der Waals surface area contributed by atoms with E-state index < -0.39 is 23.1 Å². The number of hydrogen-bond donors (Lipinski definition) is 2. The van der Waals surface area contributed by atoms with Crippen molar-refractivity contribution in [2.24, 2.45) is 11.7 Å². The Morgan fingerprint density at radius 3 is 2.46 bits per heavy atom. The van der Waals surface area contributed by atoms with Gasteiger partial charge in [-0.2, -0.15) is 0 Å². The molecule has 2 rings (SSSR count). The Labute approximate surface area is 149 Å². The molecule has 1 atom stereocenters. The topological polar surface area (TPSA) is 68.0 Å². The van der Waals surface area contributed by atoms with Crippen LogP contribution in [0.15, 0.2) is 23.6 Å². The maximum absolute atomic E-state index is 13.8. The van der Waals surface area contributed by atoms with Gasteiger partial charge in [0.05, 0.1) is 11.1 Å². The molecule has 4 nitrogen and oxygen atoms in total. The van der Waals surface area contributed by atoms with E-state index in [2.05, 4.69) is 10.3 Å². The summed E-state index contributed by atoms with van der Waals surface area (Å²) in [5.41, 5.74) is 5.06. The molecule has 8 heteroatoms. The smallest absolute Gasteiger partial charge is 0.271 e. The van der Waals surface area contributed by atoms with Gasteiger partial charge in [0, 0.05) is 11.9 Å². The van der Waals surface area contributed by atoms with Gasteiger partial charge in [0.25, 0.3) is 5.91 Å². The zero-order valence-electron chi connectivity index (χ0n) is 13.6. The quantitative estimate of drug-likeness (QED) is 0.838. The second kappa shape index (κ2) is 8.00. The molecular weight excluding hydrogens is 356 g/mol. The number of rotatable bonds is 5. The standard InChI is InChI=1S/C16H19F2N3OS.ClH/c1-9(2)16(3,8-19)21-14(22)12-7-23-15(20-12)13-10(17)5-4-6-11(13)18;/h4-7,9H,8,19H2,1-3H3,(H,21,22);1H. The first kappa shape index (κ1) is 20.5. The average Bonchev–Trinajstić information content (AvgIpc) is 2.96. The molecule has 2 aromatic rings. The number of carbonyl (C=O) groups is 1. The lowest BCUT2D eigenvalue weighted by atomic mass is 9.88. The maximum atomic E-state index is 13.8. The molecule has 1 aromatic carbocycles. The highest BCUT2D eigenvalue weighted by molar-refractivity contribution is 7.13. The van der Waals surface area contributed by atoms with E-state index in [9.17, 15) is 13.6 Å². The zero-order chi connectivity index (χ0) is 17.2. The van der Waals surface area contributed by atoms with Gasteiger partial charge in [0.1, 0.15) is 22.3 Å². The van der Waals surface area contributed by atoms with E-state index in [-0.39, 0.29) is 41.1 Å². The van der Waals surface area contributed by atoms with Crippen LogP contribution in [-0.2, 0) is 0 Å². The molecule has 0 saturated carbocycles. The summed E-state index contributed by atoms with van der Waals surface area (Å²) >= 11 is 1.02. The molecule has 1 heterocycles. The van der Waals surface area contributed by atoms with Crippen molar-refractivity contribution in [2.75, 3.05) is 6.54 Å². The van der Waals surface area contributed by atoms with Gasteiger partial charge in [-0.1, -0.05) is 19.9 Å². The molecule has 1 aromatic heterocycles. The predicted octanol–water partition coefficient (Wildman–Crippen LogP) is 3.61. The Morgan fingerprint density at radius 2 is 1.96 bits per heavy atom. The second-order valence-electron chi connectivity index (χ2n) is 5.86. The van der Waals surface area contributed by atoms with E-state index in [1.54, 1.807) is 0 Å². The molecular formula is C16H20ClF2N3OS. The number of hydrogen-bond acceptors (Lipinski definition) is 4. The third kappa shape index (κ3) is 4.09. The lowest BCUT2D eigenvalue weighted by molar-refractivity contribution is 0.0879. The lowest BCUT2D eigenvalue weighted by Crippen LogP contribution is -2.55. The van der Waals surface area contributed by atoms with Crippen molar-refractivity contribution in [3.63, 3.8) is 0 Å². The van der Waals surface area contributed by atoms with Crippen LogP contribution in [0.2, 0.25) is 0 Å². The number of aromatic nitrogens is 1. The third-order valence-electron chi connectivity index (χ3n) is 4.01. The van der Waals surface area contributed by atoms with E-state index >= 15 is 0 Å². The maximum Gasteiger partial charge on any atom is 0.271 e. The molecule has 0 fully saturated rings. The normalized spacial score (nSPS) is 13.3. The van der Waals surface area contributed by atoms with Crippen LogP contribution in [0.3, 0.4) is 0 Å². The van der Waals surface area contributed by atoms with Gasteiger partial charge in [-0.05, 0) is 25.0 Å². The number of nitrogens with one attached hydrogen (secondary N) is 1. The van der Waals surface area contributed by atoms with Crippen molar-refractivity contribution in [1.29, 1.82) is 0 Å². The fourth-order valence-electron chi connectivity index (χ4n) is 1.95. The largest absolute Gasteiger partial charge is 0.344 e. The third-order valence-corrected chi connectivity index (χ3v) is 4.87. The van der Waals surface area contributed by atoms with Crippen molar-refractivity contribution in [3.05, 3.63) is 40.9 Å². The fraction of sp³-hybridized carbons (Fsp3) is 0.375. The first-order valence-corrected chi connectivity index (χ1v) is 8.09. The molecule has 24 heavy (non-hydrogen) atoms. The van der Waals surface area contributed by atoms with Gasteiger partial charge in [-0.25, -0.2) is 13.8 Å². The van der Waals surface area contributed by atoms with Gasteiger partial charge in [0.2, 0.25) is 0 Å². The highest BCUT2D eigenvalue weighted by atomic mass is 35.5. The summed E-state index contributed by atoms with van der Waals surface area (Å²) in [6.45, 7) is 6.03. The van der Waals surface area contributed by atoms with E-state index in [4.69, 9.17) is 5.73 Å². The highest BCUT2D eigenvalue weighted by Crippen LogP contribution is 2.29. The highest BCUT2D eigenvalue weighted by Gasteiger charge is 2.30. The number of nitrogens with two attached hydrogens (primary N) is 1. The molecule has 1 amide bonds. The van der Waals surface area contributed by atoms with Crippen LogP contribution in [0.4, 0.5) is 8.78 Å². The van der Waals surface area contributed by atoms with Crippen LogP contribution in [0.1, 0.15) is 31.3 Å². The number of halogens is 3. The van der Waals surface area contributed by atoms with Crippen molar-refractivity contribution < 1.29 is 13.6 Å². The molecule has 0 aliphatic carbocycles. The first-order chi connectivity index (χ1) is 10.8. The van der Waals surface area contributed by atoms with E-state index in [1.165, 1.54) is 11.4 Å². The Kier molecular flexibility index (Phi) is 6.83. The Balaban J connectivity index is 0.00000288. The summed E-state index contributed by atoms with van der Waals surface area (Å²) in [4.78, 5) is 16.4. The van der Waals surface area contributed by atoms with Crippen molar-refractivity contribution in [2.45, 2.75) is 26.3 Å². The minimum Gasteiger partial charge on any atom is -0.344 e. The van der Waals surface area contributed by atoms with Crippen LogP contribution in [0, 0.1) is 17.6 Å². The Morgan fingerprint density at radius 1 is 1.38 bits per heavy atom. The Hall–Kier alpha value is -1.57. The summed E-state index contributed by atoms with van der Waals surface area (Å²) in [7, 11) is 0. The molecule has 132 valence electrons. The summed E-state index contributed by atoms with van der Waals surface area (Å²) < 4.78 is 27.6. The minimum atomic E-state index is -0.708. The van der Waals surface area contributed by atoms with Crippen molar-refractivity contribution in [1.82, 2.24) is 10.3 Å². The van der Waals surface area contributed by atoms with Crippen LogP contribution in [0.25, 0.3) is 10.6 Å². The predicted molar refractivity (Wildman–Crippen MR) is 94.5 cm³/mol. The van der Waals surface area contributed by atoms with Crippen LogP contribution < -0.4 is 11.1 Å². The Bertz CT molecular complexity index is 703. The van der Waals surface area contributed by atoms with Gasteiger partial charge in [-0.3, -0.25) is 4.79 Å². The SMILES string of the molecule is CC(C)C(C)(CN)NC(=O)c1csc(-c2c(F)cccc2F)n1.Cl. The second-order valence-corrected chi connectivity index (χ2v) is 6.72. The molecule has 0 saturated heterocycles. The van der Waals surface area contributed by atoms with Crippen LogP contribution in [0.5, 0.6) is 0 Å². The zero-order valence-corrected chi connectivity index (χ0v) is 15.2. The number of benzene rings is 1. The first-order valence-electron chi connectivity index (χ1n) is 7.21. The van der Waals surface area contributed by atoms with Crippen LogP contribution >= 0.6 is 23.7 Å². The lowest BCUT2D eigenvalue weighted by Gasteiger charge is -2.33. The number of amides is 1. The van der Waals surface area contributed by atoms with Gasteiger partial charge in [0.15, 0.2) is 0 Å². The molecule has 0 aliphatic rings. The molecule has 0 aliphatic heterocycles. The molecule has 3 N–H and O–H groups in total. The number of nitrogens with zero attached hydrogens (tertiary/aromatic N) is 1. The number of carbonyl (C=O) groups excluding carboxylic acids is 1. The molecule has 0 bridgehead atoms. The summed E-state index contributed by atoms with van der Waals surface area (Å²) in [5.74, 6) is -1.70. The van der Waals surface area contributed by atoms with Gasteiger partial charge < -0.3 is 11.1 Å².